The zero-order valence-electron chi connectivity index (χ0n) is 44.1. The summed E-state index contributed by atoms with van der Waals surface area (Å²) in [4.78, 5) is 93.1. The number of nitrogens with zero attached hydrogens (tertiary/aromatic N) is 8. The Bertz CT molecular complexity index is 2860. The molecule has 1 aliphatic carbocycles. The van der Waals surface area contributed by atoms with Crippen LogP contribution in [0, 0.1) is 12.3 Å². The number of carbonyl (C=O) groups excluding carboxylic acids is 5. The van der Waals surface area contributed by atoms with Crippen LogP contribution >= 0.6 is 11.3 Å². The van der Waals surface area contributed by atoms with Gasteiger partial charge in [0.1, 0.15) is 17.8 Å². The average molecular weight is 1040 g/mol. The molecule has 4 aliphatic rings. The van der Waals surface area contributed by atoms with Crippen molar-refractivity contribution in [3.05, 3.63) is 107 Å². The van der Waals surface area contributed by atoms with Crippen LogP contribution in [-0.4, -0.2) is 135 Å². The summed E-state index contributed by atoms with van der Waals surface area (Å²) in [6.45, 7) is 13.1. The molecule has 18 heteroatoms. The third-order valence-corrected chi connectivity index (χ3v) is 16.2. The molecule has 3 fully saturated rings. The number of β-amino-alcohol motifs (C(OH)–C–C–N with tert-alkyl or cyclic N) is 1. The van der Waals surface area contributed by atoms with Crippen LogP contribution in [0.15, 0.2) is 84.5 Å². The molecule has 5 amide bonds. The van der Waals surface area contributed by atoms with Gasteiger partial charge in [-0.1, -0.05) is 76.4 Å². The van der Waals surface area contributed by atoms with Crippen molar-refractivity contribution >= 4 is 69.7 Å². The molecule has 1 saturated carbocycles. The van der Waals surface area contributed by atoms with Crippen LogP contribution in [0.25, 0.3) is 10.4 Å². The second-order valence-electron chi connectivity index (χ2n) is 21.6. The van der Waals surface area contributed by atoms with Crippen LogP contribution in [0.5, 0.6) is 0 Å². The second kappa shape index (κ2) is 23.0. The highest BCUT2D eigenvalue weighted by molar-refractivity contribution is 7.13. The topological polar surface area (TPSA) is 197 Å². The summed E-state index contributed by atoms with van der Waals surface area (Å²) >= 11 is 1.58. The lowest BCUT2D eigenvalue weighted by Crippen LogP contribution is -2.57. The molecule has 0 bridgehead atoms. The molecule has 4 unspecified atom stereocenters. The zero-order valence-corrected chi connectivity index (χ0v) is 44.9. The number of rotatable bonds is 16. The minimum Gasteiger partial charge on any atom is -0.391 e. The number of piperazine rings is 1. The third-order valence-electron chi connectivity index (χ3n) is 15.2. The van der Waals surface area contributed by atoms with Gasteiger partial charge in [-0.2, -0.15) is 4.98 Å². The number of aromatic nitrogens is 3. The third kappa shape index (κ3) is 12.0. The number of likely N-dealkylation sites (tertiary alicyclic amines) is 1. The Hall–Kier alpha value is -6.76. The Morgan fingerprint density at radius 1 is 0.867 bits per heavy atom. The lowest BCUT2D eigenvalue weighted by molar-refractivity contribution is -0.144. The highest BCUT2D eigenvalue weighted by Crippen LogP contribution is 2.43. The van der Waals surface area contributed by atoms with Crippen molar-refractivity contribution in [2.45, 2.75) is 123 Å². The Kier molecular flexibility index (Phi) is 16.3. The molecule has 3 aliphatic heterocycles. The van der Waals surface area contributed by atoms with Gasteiger partial charge in [-0.25, -0.2) is 9.97 Å². The molecule has 0 radical (unpaired) electrons. The number of para-hydroxylation sites is 1. The number of anilines is 5. The first-order valence-electron chi connectivity index (χ1n) is 26.5. The van der Waals surface area contributed by atoms with Gasteiger partial charge in [0.15, 0.2) is 5.82 Å². The van der Waals surface area contributed by atoms with E-state index in [-0.39, 0.29) is 61.0 Å². The molecular weight excluding hydrogens is 967 g/mol. The Labute approximate surface area is 444 Å². The number of carbonyl (C=O) groups is 5. The smallest absolute Gasteiger partial charge is 0.260 e. The quantitative estimate of drug-likeness (QED) is 0.0697. The normalized spacial score (nSPS) is 19.1. The highest BCUT2D eigenvalue weighted by Gasteiger charge is 2.45. The first kappa shape index (κ1) is 53.1. The summed E-state index contributed by atoms with van der Waals surface area (Å²) in [6.07, 6.45) is 7.89. The molecule has 4 N–H and O–H groups in total. The van der Waals surface area contributed by atoms with E-state index in [1.165, 1.54) is 4.90 Å². The molecule has 17 nitrogen and oxygen atoms in total. The Morgan fingerprint density at radius 3 is 2.28 bits per heavy atom. The summed E-state index contributed by atoms with van der Waals surface area (Å²) in [7, 11) is 1.77. The van der Waals surface area contributed by atoms with E-state index in [9.17, 15) is 29.1 Å². The van der Waals surface area contributed by atoms with Gasteiger partial charge < -0.3 is 40.7 Å². The molecule has 5 aromatic rings. The molecule has 0 spiro atoms. The van der Waals surface area contributed by atoms with E-state index in [1.54, 1.807) is 29.5 Å². The fourth-order valence-corrected chi connectivity index (χ4v) is 11.7. The van der Waals surface area contributed by atoms with Gasteiger partial charge in [-0.3, -0.25) is 28.9 Å². The zero-order chi connectivity index (χ0) is 53.0. The predicted octanol–water partition coefficient (Wildman–Crippen LogP) is 8.01. The molecule has 75 heavy (non-hydrogen) atoms. The summed E-state index contributed by atoms with van der Waals surface area (Å²) < 4.78 is 0. The van der Waals surface area contributed by atoms with Crippen molar-refractivity contribution in [3.8, 4) is 10.4 Å². The number of fused-ring (bicyclic) bond motifs is 2. The van der Waals surface area contributed by atoms with Crippen LogP contribution in [0.1, 0.15) is 123 Å². The van der Waals surface area contributed by atoms with Crippen molar-refractivity contribution in [1.29, 1.82) is 0 Å². The van der Waals surface area contributed by atoms with E-state index < -0.39 is 23.6 Å². The maximum Gasteiger partial charge on any atom is 0.260 e. The first-order valence-corrected chi connectivity index (χ1v) is 27.4. The van der Waals surface area contributed by atoms with E-state index in [0.29, 0.717) is 48.1 Å². The number of aryl methyl sites for hydroxylation is 1. The molecule has 396 valence electrons. The van der Waals surface area contributed by atoms with Crippen molar-refractivity contribution in [1.82, 2.24) is 40.3 Å². The van der Waals surface area contributed by atoms with Crippen LogP contribution in [0.3, 0.4) is 0 Å². The van der Waals surface area contributed by atoms with Gasteiger partial charge in [0.25, 0.3) is 11.8 Å². The van der Waals surface area contributed by atoms with E-state index in [0.717, 1.165) is 91.2 Å². The van der Waals surface area contributed by atoms with E-state index in [2.05, 4.69) is 35.7 Å². The van der Waals surface area contributed by atoms with Gasteiger partial charge >= 0.3 is 0 Å². The number of amides is 5. The largest absolute Gasteiger partial charge is 0.391 e. The predicted molar refractivity (Wildman–Crippen MR) is 292 cm³/mol. The lowest BCUT2D eigenvalue weighted by atomic mass is 9.85. The lowest BCUT2D eigenvalue weighted by Gasteiger charge is -2.35. The fraction of sp³-hybridized carbons (Fsp3) is 0.474. The van der Waals surface area contributed by atoms with E-state index in [1.807, 2.05) is 118 Å². The molecule has 5 heterocycles. The first-order chi connectivity index (χ1) is 36.0. The number of unbranched alkanes of at least 4 members (excludes halogenated alkanes) is 2. The monoisotopic (exact) mass is 1040 g/mol. The summed E-state index contributed by atoms with van der Waals surface area (Å²) in [5, 5.41) is 20.1. The number of hydrogen-bond donors (Lipinski definition) is 4. The summed E-state index contributed by atoms with van der Waals surface area (Å²) in [6, 6.07) is 21.2. The van der Waals surface area contributed by atoms with E-state index >= 15 is 0 Å². The molecule has 4 atom stereocenters. The maximum atomic E-state index is 14.2. The summed E-state index contributed by atoms with van der Waals surface area (Å²) in [5.41, 5.74) is 7.62. The van der Waals surface area contributed by atoms with Crippen LogP contribution < -0.4 is 25.8 Å². The van der Waals surface area contributed by atoms with E-state index in [4.69, 9.17) is 4.98 Å². The second-order valence-corrected chi connectivity index (χ2v) is 22.5. The number of aliphatic hydroxyl groups excluding tert-OH is 1. The summed E-state index contributed by atoms with van der Waals surface area (Å²) in [5.74, 6) is 0.0357. The number of benzene rings is 3. The number of hydrogen-bond acceptors (Lipinski definition) is 13. The van der Waals surface area contributed by atoms with Crippen molar-refractivity contribution in [2.24, 2.45) is 5.41 Å². The number of thiazole rings is 1. The average Bonchev–Trinajstić information content (AvgIpc) is 4.19. The SMILES string of the molecule is Cc1ncsc1-c1ccc(C(C)NC(=O)C2CC(O)CN2C(=O)C(NC(=O)CCCCCN2CCN(C(=O)c3ccc(Nc4ncc5c(n4)N(C4CCCC4)c4ccccc4C(=O)N5C)cc3)CC2)C(C)(C)C)cc1. The van der Waals surface area contributed by atoms with Crippen molar-refractivity contribution < 1.29 is 29.1 Å². The highest BCUT2D eigenvalue weighted by atomic mass is 32.1. The van der Waals surface area contributed by atoms with Crippen LogP contribution in [0.4, 0.5) is 28.8 Å². The van der Waals surface area contributed by atoms with Gasteiger partial charge in [-0.05, 0) is 99.0 Å². The van der Waals surface area contributed by atoms with Gasteiger partial charge in [0.2, 0.25) is 23.7 Å². The Morgan fingerprint density at radius 2 is 1.59 bits per heavy atom. The number of aliphatic hydroxyl groups is 1. The van der Waals surface area contributed by atoms with Crippen molar-refractivity contribution in [3.63, 3.8) is 0 Å². The standard InChI is InChI=1S/C57H71N11O6S/c1-36(38-19-21-39(22-20-38)49-37(2)59-35-75-49)60-52(71)46-32-43(69)34-67(46)55(74)50(57(3,4)5)62-48(70)18-8-7-13-27-65-28-30-66(31-29-65)53(72)40-23-25-41(26-24-40)61-56-58-33-47-51(63-56)68(42-14-9-10-15-42)45-17-12-11-16-44(45)54(73)64(47)6/h11-12,16-17,19-26,33,35-36,42-43,46,50,69H,7-10,13-15,18,27-32,34H2,1-6H3,(H,60,71)(H,62,70)(H,58,61,63). The molecule has 9 rings (SSSR count). The van der Waals surface area contributed by atoms with Crippen LogP contribution in [0.2, 0.25) is 0 Å². The minimum absolute atomic E-state index is 0.0119. The molecule has 2 saturated heterocycles. The van der Waals surface area contributed by atoms with Crippen LogP contribution in [-0.2, 0) is 14.4 Å². The molecule has 2 aromatic heterocycles. The molecule has 3 aromatic carbocycles. The van der Waals surface area contributed by atoms with Gasteiger partial charge in [0, 0.05) is 69.9 Å². The number of nitrogens with one attached hydrogen (secondary N) is 3. The fourth-order valence-electron chi connectivity index (χ4n) is 10.9. The maximum absolute atomic E-state index is 14.2. The van der Waals surface area contributed by atoms with Crippen molar-refractivity contribution in [2.75, 3.05) is 61.4 Å². The molecular formula is C57H71N11O6S. The van der Waals surface area contributed by atoms with Gasteiger partial charge in [0.05, 0.1) is 45.7 Å². The van der Waals surface area contributed by atoms with Gasteiger partial charge in [-0.15, -0.1) is 11.3 Å². The Balaban J connectivity index is 0.708. The minimum atomic E-state index is -0.886.